The van der Waals surface area contributed by atoms with Crippen LogP contribution in [0.1, 0.15) is 5.69 Å². The van der Waals surface area contributed by atoms with Crippen molar-refractivity contribution in [3.05, 3.63) is 35.1 Å². The first-order chi connectivity index (χ1) is 7.24. The van der Waals surface area contributed by atoms with E-state index in [0.29, 0.717) is 11.7 Å². The Bertz CT molecular complexity index is 499. The predicted molar refractivity (Wildman–Crippen MR) is 61.2 cm³/mol. The second-order valence-corrected chi connectivity index (χ2v) is 3.55. The maximum absolute atomic E-state index is 6.05. The van der Waals surface area contributed by atoms with E-state index in [9.17, 15) is 0 Å². The Hall–Kier alpha value is -1.32. The Morgan fingerprint density at radius 2 is 2.20 bits per heavy atom. The summed E-state index contributed by atoms with van der Waals surface area (Å²) in [6, 6.07) is 7.63. The first-order valence-corrected chi connectivity index (χ1v) is 4.95. The Morgan fingerprint density at radius 1 is 1.40 bits per heavy atom. The summed E-state index contributed by atoms with van der Waals surface area (Å²) in [5, 5.41) is 2.37. The van der Waals surface area contributed by atoms with Crippen molar-refractivity contribution in [3.63, 3.8) is 0 Å². The molecular weight excluding hydrogens is 212 g/mol. The molecule has 1 heterocycles. The van der Waals surface area contributed by atoms with Gasteiger partial charge in [0.1, 0.15) is 10.9 Å². The Morgan fingerprint density at radius 3 is 2.87 bits per heavy atom. The standard InChI is InChI=1S/C11H11ClN2O/c1-15-9-3-2-7-4-8(6-13)14-11(12)10(7)5-9/h2-5H,6,13H2,1H3. The van der Waals surface area contributed by atoms with Gasteiger partial charge in [-0.05, 0) is 23.6 Å². The highest BCUT2D eigenvalue weighted by Gasteiger charge is 2.04. The van der Waals surface area contributed by atoms with E-state index in [1.54, 1.807) is 7.11 Å². The van der Waals surface area contributed by atoms with Crippen LogP contribution in [0.3, 0.4) is 0 Å². The molecule has 3 nitrogen and oxygen atoms in total. The summed E-state index contributed by atoms with van der Waals surface area (Å²) >= 11 is 6.05. The number of ether oxygens (including phenoxy) is 1. The number of benzene rings is 1. The Balaban J connectivity index is 2.68. The third-order valence-electron chi connectivity index (χ3n) is 2.26. The van der Waals surface area contributed by atoms with Gasteiger partial charge in [-0.2, -0.15) is 0 Å². The van der Waals surface area contributed by atoms with E-state index in [0.717, 1.165) is 22.2 Å². The summed E-state index contributed by atoms with van der Waals surface area (Å²) in [6.45, 7) is 0.391. The number of rotatable bonds is 2. The minimum atomic E-state index is 0.391. The van der Waals surface area contributed by atoms with Gasteiger partial charge in [0, 0.05) is 11.9 Å². The van der Waals surface area contributed by atoms with Crippen LogP contribution in [0.4, 0.5) is 0 Å². The van der Waals surface area contributed by atoms with Gasteiger partial charge in [0.2, 0.25) is 0 Å². The molecule has 0 unspecified atom stereocenters. The third kappa shape index (κ3) is 1.89. The van der Waals surface area contributed by atoms with Gasteiger partial charge in [0.25, 0.3) is 0 Å². The topological polar surface area (TPSA) is 48.1 Å². The Kier molecular flexibility index (Phi) is 2.75. The van der Waals surface area contributed by atoms with Crippen LogP contribution in [0.25, 0.3) is 10.8 Å². The quantitative estimate of drug-likeness (QED) is 0.794. The molecule has 2 rings (SSSR count). The number of fused-ring (bicyclic) bond motifs is 1. The monoisotopic (exact) mass is 222 g/mol. The number of hydrogen-bond acceptors (Lipinski definition) is 3. The van der Waals surface area contributed by atoms with Crippen molar-refractivity contribution in [1.29, 1.82) is 0 Å². The fraction of sp³-hybridized carbons (Fsp3) is 0.182. The van der Waals surface area contributed by atoms with Crippen LogP contribution in [-0.2, 0) is 6.54 Å². The van der Waals surface area contributed by atoms with Crippen molar-refractivity contribution in [2.45, 2.75) is 6.54 Å². The molecule has 0 amide bonds. The third-order valence-corrected chi connectivity index (χ3v) is 2.54. The highest BCUT2D eigenvalue weighted by molar-refractivity contribution is 6.34. The number of pyridine rings is 1. The fourth-order valence-electron chi connectivity index (χ4n) is 1.47. The molecule has 2 aromatic rings. The number of methoxy groups -OCH3 is 1. The van der Waals surface area contributed by atoms with Crippen LogP contribution in [0, 0.1) is 0 Å². The predicted octanol–water partition coefficient (Wildman–Crippen LogP) is 2.36. The van der Waals surface area contributed by atoms with E-state index in [1.807, 2.05) is 24.3 Å². The average molecular weight is 223 g/mol. The molecule has 15 heavy (non-hydrogen) atoms. The van der Waals surface area contributed by atoms with Gasteiger partial charge in [-0.3, -0.25) is 0 Å². The van der Waals surface area contributed by atoms with E-state index >= 15 is 0 Å². The van der Waals surface area contributed by atoms with Crippen LogP contribution >= 0.6 is 11.6 Å². The van der Waals surface area contributed by atoms with Crippen molar-refractivity contribution >= 4 is 22.4 Å². The maximum atomic E-state index is 6.05. The minimum absolute atomic E-state index is 0.391. The van der Waals surface area contributed by atoms with Gasteiger partial charge in [0.15, 0.2) is 0 Å². The molecule has 0 aliphatic heterocycles. The zero-order valence-electron chi connectivity index (χ0n) is 8.33. The Labute approximate surface area is 92.8 Å². The molecule has 2 N–H and O–H groups in total. The number of nitrogens with zero attached hydrogens (tertiary/aromatic N) is 1. The molecule has 4 heteroatoms. The fourth-order valence-corrected chi connectivity index (χ4v) is 1.74. The SMILES string of the molecule is COc1ccc2cc(CN)nc(Cl)c2c1. The van der Waals surface area contributed by atoms with Gasteiger partial charge in [-0.1, -0.05) is 17.7 Å². The molecule has 0 fully saturated rings. The molecule has 1 aromatic heterocycles. The molecule has 0 atom stereocenters. The summed E-state index contributed by atoms with van der Waals surface area (Å²) in [5.74, 6) is 0.770. The van der Waals surface area contributed by atoms with E-state index in [2.05, 4.69) is 4.98 Å². The summed E-state index contributed by atoms with van der Waals surface area (Å²) in [6.07, 6.45) is 0. The van der Waals surface area contributed by atoms with Crippen LogP contribution in [0.2, 0.25) is 5.15 Å². The minimum Gasteiger partial charge on any atom is -0.497 e. The highest BCUT2D eigenvalue weighted by Crippen LogP contribution is 2.26. The van der Waals surface area contributed by atoms with Gasteiger partial charge >= 0.3 is 0 Å². The average Bonchev–Trinajstić information content (AvgIpc) is 2.28. The maximum Gasteiger partial charge on any atom is 0.137 e. The van der Waals surface area contributed by atoms with Crippen LogP contribution in [0.5, 0.6) is 5.75 Å². The second-order valence-electron chi connectivity index (χ2n) is 3.20. The lowest BCUT2D eigenvalue weighted by molar-refractivity contribution is 0.415. The number of halogens is 1. The lowest BCUT2D eigenvalue weighted by Gasteiger charge is -2.05. The number of nitrogens with two attached hydrogens (primary N) is 1. The molecule has 0 saturated heterocycles. The van der Waals surface area contributed by atoms with Crippen molar-refractivity contribution < 1.29 is 4.74 Å². The molecule has 0 bridgehead atoms. The second kappa shape index (κ2) is 4.04. The van der Waals surface area contributed by atoms with Gasteiger partial charge in [0.05, 0.1) is 12.8 Å². The zero-order chi connectivity index (χ0) is 10.8. The summed E-state index contributed by atoms with van der Waals surface area (Å²) in [4.78, 5) is 4.18. The normalized spacial score (nSPS) is 10.6. The van der Waals surface area contributed by atoms with Gasteiger partial charge in [-0.25, -0.2) is 4.98 Å². The number of aromatic nitrogens is 1. The van der Waals surface area contributed by atoms with Crippen LogP contribution in [-0.4, -0.2) is 12.1 Å². The van der Waals surface area contributed by atoms with E-state index in [-0.39, 0.29) is 0 Å². The van der Waals surface area contributed by atoms with Crippen molar-refractivity contribution in [3.8, 4) is 5.75 Å². The van der Waals surface area contributed by atoms with Crippen molar-refractivity contribution in [1.82, 2.24) is 4.98 Å². The molecule has 78 valence electrons. The van der Waals surface area contributed by atoms with Gasteiger partial charge < -0.3 is 10.5 Å². The summed E-state index contributed by atoms with van der Waals surface area (Å²) in [5.41, 5.74) is 6.31. The van der Waals surface area contributed by atoms with E-state index < -0.39 is 0 Å². The first-order valence-electron chi connectivity index (χ1n) is 4.58. The molecule has 0 spiro atoms. The van der Waals surface area contributed by atoms with Gasteiger partial charge in [-0.15, -0.1) is 0 Å². The molecule has 0 saturated carbocycles. The largest absolute Gasteiger partial charge is 0.497 e. The smallest absolute Gasteiger partial charge is 0.137 e. The molecule has 0 aliphatic rings. The van der Waals surface area contributed by atoms with Crippen molar-refractivity contribution in [2.24, 2.45) is 5.73 Å². The lowest BCUT2D eigenvalue weighted by Crippen LogP contribution is -1.99. The highest BCUT2D eigenvalue weighted by atomic mass is 35.5. The van der Waals surface area contributed by atoms with Crippen LogP contribution in [0.15, 0.2) is 24.3 Å². The zero-order valence-corrected chi connectivity index (χ0v) is 9.08. The summed E-state index contributed by atoms with van der Waals surface area (Å²) in [7, 11) is 1.62. The summed E-state index contributed by atoms with van der Waals surface area (Å²) < 4.78 is 5.12. The van der Waals surface area contributed by atoms with Crippen LogP contribution < -0.4 is 10.5 Å². The molecule has 0 aliphatic carbocycles. The number of hydrogen-bond donors (Lipinski definition) is 1. The molecule has 1 aromatic carbocycles. The molecular formula is C11H11ClN2O. The lowest BCUT2D eigenvalue weighted by atomic mass is 10.1. The first kappa shape index (κ1) is 10.2. The van der Waals surface area contributed by atoms with Crippen molar-refractivity contribution in [2.75, 3.05) is 7.11 Å². The van der Waals surface area contributed by atoms with E-state index in [1.165, 1.54) is 0 Å². The molecule has 0 radical (unpaired) electrons. The van der Waals surface area contributed by atoms with E-state index in [4.69, 9.17) is 22.1 Å².